The first-order chi connectivity index (χ1) is 7.29. The molecule has 1 saturated heterocycles. The van der Waals surface area contributed by atoms with E-state index < -0.39 is 0 Å². The molecule has 1 unspecified atom stereocenters. The minimum atomic E-state index is 0.153. The lowest BCUT2D eigenvalue weighted by Crippen LogP contribution is -2.32. The van der Waals surface area contributed by atoms with E-state index in [1.807, 2.05) is 10.8 Å². The van der Waals surface area contributed by atoms with Crippen LogP contribution in [0.1, 0.15) is 19.8 Å². The molecule has 15 heavy (non-hydrogen) atoms. The van der Waals surface area contributed by atoms with Gasteiger partial charge in [-0.1, -0.05) is 0 Å². The lowest BCUT2D eigenvalue weighted by molar-refractivity contribution is -0.119. The molecule has 2 rings (SSSR count). The maximum absolute atomic E-state index is 11.0. The van der Waals surface area contributed by atoms with Gasteiger partial charge in [-0.25, -0.2) is 4.98 Å². The van der Waals surface area contributed by atoms with Crippen LogP contribution in [-0.2, 0) is 11.3 Å². The molecule has 0 bridgehead atoms. The Bertz CT molecular complexity index is 347. The zero-order valence-corrected chi connectivity index (χ0v) is 8.86. The van der Waals surface area contributed by atoms with Crippen molar-refractivity contribution in [1.29, 1.82) is 0 Å². The summed E-state index contributed by atoms with van der Waals surface area (Å²) in [6, 6.07) is 0.250. The van der Waals surface area contributed by atoms with E-state index in [4.69, 9.17) is 0 Å². The Kier molecular flexibility index (Phi) is 2.89. The summed E-state index contributed by atoms with van der Waals surface area (Å²) in [7, 11) is 0. The molecule has 0 spiro atoms. The third-order valence-electron chi connectivity index (χ3n) is 2.65. The van der Waals surface area contributed by atoms with Crippen LogP contribution in [-0.4, -0.2) is 28.0 Å². The number of imidazole rings is 1. The number of aromatic nitrogens is 2. The van der Waals surface area contributed by atoms with Gasteiger partial charge in [0.1, 0.15) is 0 Å². The molecule has 1 fully saturated rings. The standard InChI is InChI=1S/C10H16N4O/c1-2-14-6-5-11-10(14)12-7-8-3-4-9(15)13-8/h5-6,8H,2-4,7H2,1H3,(H,11,12)(H,13,15). The predicted octanol–water partition coefficient (Wildman–Crippen LogP) is 0.593. The van der Waals surface area contributed by atoms with Gasteiger partial charge in [0.25, 0.3) is 0 Å². The number of nitrogens with zero attached hydrogens (tertiary/aromatic N) is 2. The van der Waals surface area contributed by atoms with Gasteiger partial charge in [0.05, 0.1) is 0 Å². The van der Waals surface area contributed by atoms with Crippen LogP contribution in [0.25, 0.3) is 0 Å². The van der Waals surface area contributed by atoms with Gasteiger partial charge < -0.3 is 15.2 Å². The Morgan fingerprint density at radius 2 is 2.60 bits per heavy atom. The quantitative estimate of drug-likeness (QED) is 0.761. The topological polar surface area (TPSA) is 59.0 Å². The second-order valence-corrected chi connectivity index (χ2v) is 3.72. The van der Waals surface area contributed by atoms with E-state index in [1.165, 1.54) is 0 Å². The fraction of sp³-hybridized carbons (Fsp3) is 0.600. The molecule has 5 nitrogen and oxygen atoms in total. The molecule has 0 aliphatic carbocycles. The molecule has 0 aromatic carbocycles. The normalized spacial score (nSPS) is 20.3. The van der Waals surface area contributed by atoms with Crippen molar-refractivity contribution in [3.05, 3.63) is 12.4 Å². The molecular weight excluding hydrogens is 192 g/mol. The zero-order valence-electron chi connectivity index (χ0n) is 8.86. The maximum atomic E-state index is 11.0. The molecule has 2 N–H and O–H groups in total. The number of rotatable bonds is 4. The predicted molar refractivity (Wildman–Crippen MR) is 57.6 cm³/mol. The number of hydrogen-bond acceptors (Lipinski definition) is 3. The van der Waals surface area contributed by atoms with E-state index in [-0.39, 0.29) is 11.9 Å². The number of carbonyl (C=O) groups is 1. The van der Waals surface area contributed by atoms with Gasteiger partial charge in [0, 0.05) is 37.9 Å². The smallest absolute Gasteiger partial charge is 0.220 e. The molecule has 0 radical (unpaired) electrons. The van der Waals surface area contributed by atoms with E-state index in [2.05, 4.69) is 22.5 Å². The molecule has 1 aromatic rings. The molecular formula is C10H16N4O. The molecule has 1 aliphatic rings. The Morgan fingerprint density at radius 1 is 1.73 bits per heavy atom. The number of hydrogen-bond donors (Lipinski definition) is 2. The lowest BCUT2D eigenvalue weighted by atomic mass is 10.2. The summed E-state index contributed by atoms with van der Waals surface area (Å²) in [6.07, 6.45) is 5.28. The van der Waals surface area contributed by atoms with Crippen molar-refractivity contribution >= 4 is 11.9 Å². The molecule has 0 saturated carbocycles. The summed E-state index contributed by atoms with van der Waals surface area (Å²) < 4.78 is 2.04. The highest BCUT2D eigenvalue weighted by atomic mass is 16.1. The molecule has 82 valence electrons. The highest BCUT2D eigenvalue weighted by Gasteiger charge is 2.20. The Morgan fingerprint density at radius 3 is 3.27 bits per heavy atom. The van der Waals surface area contributed by atoms with Crippen molar-refractivity contribution in [2.45, 2.75) is 32.4 Å². The van der Waals surface area contributed by atoms with Gasteiger partial charge in [0.2, 0.25) is 11.9 Å². The Balaban J connectivity index is 1.85. The molecule has 5 heteroatoms. The summed E-state index contributed by atoms with van der Waals surface area (Å²) in [5, 5.41) is 6.16. The first-order valence-corrected chi connectivity index (χ1v) is 5.34. The molecule has 1 amide bonds. The highest BCUT2D eigenvalue weighted by molar-refractivity contribution is 5.78. The number of anilines is 1. The molecule has 1 atom stereocenters. The van der Waals surface area contributed by atoms with Crippen LogP contribution in [0.2, 0.25) is 0 Å². The third kappa shape index (κ3) is 2.29. The van der Waals surface area contributed by atoms with E-state index in [1.54, 1.807) is 6.20 Å². The van der Waals surface area contributed by atoms with Gasteiger partial charge in [0.15, 0.2) is 0 Å². The molecule has 1 aromatic heterocycles. The highest BCUT2D eigenvalue weighted by Crippen LogP contribution is 2.08. The zero-order chi connectivity index (χ0) is 10.7. The number of aryl methyl sites for hydroxylation is 1. The summed E-state index contributed by atoms with van der Waals surface area (Å²) in [6.45, 7) is 3.73. The van der Waals surface area contributed by atoms with Crippen molar-refractivity contribution in [3.63, 3.8) is 0 Å². The van der Waals surface area contributed by atoms with Crippen molar-refractivity contribution in [1.82, 2.24) is 14.9 Å². The minimum Gasteiger partial charge on any atom is -0.354 e. The van der Waals surface area contributed by atoms with Gasteiger partial charge in [-0.3, -0.25) is 4.79 Å². The van der Waals surface area contributed by atoms with Crippen LogP contribution in [0.3, 0.4) is 0 Å². The van der Waals surface area contributed by atoms with Crippen LogP contribution in [0.5, 0.6) is 0 Å². The fourth-order valence-electron chi connectivity index (χ4n) is 1.78. The second kappa shape index (κ2) is 4.33. The lowest BCUT2D eigenvalue weighted by Gasteiger charge is -2.12. The van der Waals surface area contributed by atoms with Crippen molar-refractivity contribution in [2.75, 3.05) is 11.9 Å². The summed E-state index contributed by atoms with van der Waals surface area (Å²) in [5.41, 5.74) is 0. The van der Waals surface area contributed by atoms with E-state index >= 15 is 0 Å². The van der Waals surface area contributed by atoms with Gasteiger partial charge in [-0.2, -0.15) is 0 Å². The monoisotopic (exact) mass is 208 g/mol. The Labute approximate surface area is 88.9 Å². The van der Waals surface area contributed by atoms with Gasteiger partial charge in [-0.15, -0.1) is 0 Å². The van der Waals surface area contributed by atoms with Crippen LogP contribution < -0.4 is 10.6 Å². The van der Waals surface area contributed by atoms with Gasteiger partial charge >= 0.3 is 0 Å². The van der Waals surface area contributed by atoms with Crippen molar-refractivity contribution in [3.8, 4) is 0 Å². The second-order valence-electron chi connectivity index (χ2n) is 3.72. The largest absolute Gasteiger partial charge is 0.354 e. The SMILES string of the molecule is CCn1ccnc1NCC1CCC(=O)N1. The first kappa shape index (κ1) is 10.0. The maximum Gasteiger partial charge on any atom is 0.220 e. The van der Waals surface area contributed by atoms with E-state index in [0.29, 0.717) is 6.42 Å². The number of nitrogens with one attached hydrogen (secondary N) is 2. The summed E-state index contributed by atoms with van der Waals surface area (Å²) in [5.74, 6) is 1.03. The van der Waals surface area contributed by atoms with Crippen molar-refractivity contribution in [2.24, 2.45) is 0 Å². The van der Waals surface area contributed by atoms with Crippen molar-refractivity contribution < 1.29 is 4.79 Å². The number of amides is 1. The fourth-order valence-corrected chi connectivity index (χ4v) is 1.78. The average Bonchev–Trinajstić information content (AvgIpc) is 2.83. The van der Waals surface area contributed by atoms with E-state index in [0.717, 1.165) is 25.5 Å². The van der Waals surface area contributed by atoms with Gasteiger partial charge in [-0.05, 0) is 13.3 Å². The summed E-state index contributed by atoms with van der Waals surface area (Å²) in [4.78, 5) is 15.2. The Hall–Kier alpha value is -1.52. The number of carbonyl (C=O) groups excluding carboxylic acids is 1. The minimum absolute atomic E-state index is 0.153. The van der Waals surface area contributed by atoms with Crippen LogP contribution in [0.15, 0.2) is 12.4 Å². The summed E-state index contributed by atoms with van der Waals surface area (Å²) >= 11 is 0. The first-order valence-electron chi connectivity index (χ1n) is 5.34. The third-order valence-corrected chi connectivity index (χ3v) is 2.65. The van der Waals surface area contributed by atoms with Crippen LogP contribution in [0.4, 0.5) is 5.95 Å². The average molecular weight is 208 g/mol. The van der Waals surface area contributed by atoms with Crippen LogP contribution in [0, 0.1) is 0 Å². The molecule has 1 aliphatic heterocycles. The van der Waals surface area contributed by atoms with E-state index in [9.17, 15) is 4.79 Å². The van der Waals surface area contributed by atoms with Crippen LogP contribution >= 0.6 is 0 Å². The molecule has 2 heterocycles.